The second-order valence-corrected chi connectivity index (χ2v) is 12.2. The van der Waals surface area contributed by atoms with Crippen LogP contribution in [0.5, 0.6) is 0 Å². The second kappa shape index (κ2) is 6.77. The molecule has 3 rings (SSSR count). The maximum absolute atomic E-state index is 12.8. The van der Waals surface area contributed by atoms with Crippen LogP contribution < -0.4 is 5.19 Å². The number of rotatable bonds is 4. The van der Waals surface area contributed by atoms with E-state index in [2.05, 4.69) is 44.3 Å². The Hall–Kier alpha value is -1.91. The molecule has 0 radical (unpaired) electrons. The van der Waals surface area contributed by atoms with Crippen molar-refractivity contribution >= 4 is 19.2 Å². The van der Waals surface area contributed by atoms with Crippen molar-refractivity contribution in [3.05, 3.63) is 66.2 Å². The maximum Gasteiger partial charge on any atom is 0.342 e. The van der Waals surface area contributed by atoms with E-state index in [1.165, 1.54) is 12.3 Å². The van der Waals surface area contributed by atoms with Crippen molar-refractivity contribution in [1.29, 1.82) is 0 Å². The summed E-state index contributed by atoms with van der Waals surface area (Å²) >= 11 is 0. The maximum atomic E-state index is 12.8. The Balaban J connectivity index is 2.02. The quantitative estimate of drug-likeness (QED) is 0.618. The second-order valence-electron chi connectivity index (χ2n) is 7.41. The number of hydrogen-bond acceptors (Lipinski definition) is 3. The van der Waals surface area contributed by atoms with Gasteiger partial charge in [-0.1, -0.05) is 78.9 Å². The van der Waals surface area contributed by atoms with Crippen molar-refractivity contribution in [2.45, 2.75) is 43.7 Å². The fourth-order valence-corrected chi connectivity index (χ4v) is 7.67. The molecule has 25 heavy (non-hydrogen) atoms. The van der Waals surface area contributed by atoms with Crippen molar-refractivity contribution in [2.75, 3.05) is 7.11 Å². The highest BCUT2D eigenvalue weighted by atomic mass is 28.3. The van der Waals surface area contributed by atoms with E-state index in [0.717, 1.165) is 5.56 Å². The van der Waals surface area contributed by atoms with Gasteiger partial charge in [0.05, 0.1) is 21.3 Å². The molecule has 1 aliphatic heterocycles. The van der Waals surface area contributed by atoms with Gasteiger partial charge in [0.2, 0.25) is 0 Å². The molecule has 0 amide bonds. The number of ether oxygens (including phenoxy) is 2. The highest BCUT2D eigenvalue weighted by molar-refractivity contribution is 6.91. The van der Waals surface area contributed by atoms with Crippen LogP contribution in [0.1, 0.15) is 18.9 Å². The number of benzene rings is 2. The van der Waals surface area contributed by atoms with E-state index in [4.69, 9.17) is 9.47 Å². The highest BCUT2D eigenvalue weighted by Gasteiger charge is 2.56. The topological polar surface area (TPSA) is 35.5 Å². The van der Waals surface area contributed by atoms with Gasteiger partial charge in [-0.2, -0.15) is 0 Å². The summed E-state index contributed by atoms with van der Waals surface area (Å²) in [5.41, 5.74) is 0.211. The van der Waals surface area contributed by atoms with Gasteiger partial charge in [0.15, 0.2) is 5.60 Å². The summed E-state index contributed by atoms with van der Waals surface area (Å²) < 4.78 is 11.5. The lowest BCUT2D eigenvalue weighted by Crippen LogP contribution is -2.48. The van der Waals surface area contributed by atoms with Crippen molar-refractivity contribution in [3.63, 3.8) is 0 Å². The summed E-state index contributed by atoms with van der Waals surface area (Å²) in [6, 6.07) is 20.4. The van der Waals surface area contributed by atoms with Crippen LogP contribution in [0.3, 0.4) is 0 Å². The first kappa shape index (κ1) is 17.9. The Bertz CT molecular complexity index is 729. The molecule has 0 unspecified atom stereocenters. The zero-order valence-electron chi connectivity index (χ0n) is 15.4. The van der Waals surface area contributed by atoms with E-state index < -0.39 is 13.7 Å². The zero-order valence-corrected chi connectivity index (χ0v) is 16.4. The van der Waals surface area contributed by atoms with Crippen molar-refractivity contribution in [1.82, 2.24) is 0 Å². The molecule has 2 aromatic rings. The molecule has 3 atom stereocenters. The van der Waals surface area contributed by atoms with Gasteiger partial charge in [-0.15, -0.1) is 0 Å². The molecule has 0 N–H and O–H groups in total. The summed E-state index contributed by atoms with van der Waals surface area (Å²) in [5.74, 6) is -0.300. The van der Waals surface area contributed by atoms with Crippen LogP contribution in [0.15, 0.2) is 60.7 Å². The summed E-state index contributed by atoms with van der Waals surface area (Å²) in [5, 5.41) is 1.39. The molecule has 132 valence electrons. The predicted molar refractivity (Wildman–Crippen MR) is 103 cm³/mol. The molecule has 2 aromatic carbocycles. The van der Waals surface area contributed by atoms with Crippen LogP contribution in [-0.4, -0.2) is 27.3 Å². The molecule has 1 fully saturated rings. The molecule has 0 saturated carbocycles. The highest BCUT2D eigenvalue weighted by Crippen LogP contribution is 2.50. The Labute approximate surface area is 151 Å². The van der Waals surface area contributed by atoms with E-state index in [-0.39, 0.29) is 12.1 Å². The smallest absolute Gasteiger partial charge is 0.342 e. The van der Waals surface area contributed by atoms with Gasteiger partial charge in [0, 0.05) is 0 Å². The number of carbonyl (C=O) groups excluding carboxylic acids is 1. The Morgan fingerprint density at radius 2 is 1.64 bits per heavy atom. The molecule has 0 aromatic heterocycles. The van der Waals surface area contributed by atoms with Gasteiger partial charge in [-0.3, -0.25) is 0 Å². The first-order chi connectivity index (χ1) is 11.9. The predicted octanol–water partition coefficient (Wildman–Crippen LogP) is 3.85. The minimum atomic E-state index is -1.82. The van der Waals surface area contributed by atoms with Crippen LogP contribution in [0.2, 0.25) is 18.6 Å². The van der Waals surface area contributed by atoms with E-state index >= 15 is 0 Å². The number of carbonyl (C=O) groups is 1. The van der Waals surface area contributed by atoms with Gasteiger partial charge in [-0.05, 0) is 24.4 Å². The molecule has 0 aliphatic carbocycles. The van der Waals surface area contributed by atoms with Gasteiger partial charge < -0.3 is 9.47 Å². The normalized spacial score (nSPS) is 26.4. The first-order valence-electron chi connectivity index (χ1n) is 8.79. The SMILES string of the molecule is COC(=O)[C@]1(c2ccccc2)C[C@H]([Si](C)(C)c2ccccc2)[C@@H](C)O1. The van der Waals surface area contributed by atoms with Crippen molar-refractivity contribution in [2.24, 2.45) is 0 Å². The van der Waals surface area contributed by atoms with Crippen LogP contribution >= 0.6 is 0 Å². The monoisotopic (exact) mass is 354 g/mol. The third-order valence-electron chi connectivity index (χ3n) is 5.66. The summed E-state index contributed by atoms with van der Waals surface area (Å²) in [4.78, 5) is 12.8. The molecule has 4 heteroatoms. The van der Waals surface area contributed by atoms with Gasteiger partial charge >= 0.3 is 5.97 Å². The minimum Gasteiger partial charge on any atom is -0.467 e. The van der Waals surface area contributed by atoms with Crippen LogP contribution in [0.25, 0.3) is 0 Å². The van der Waals surface area contributed by atoms with Gasteiger partial charge in [-0.25, -0.2) is 4.79 Å². The lowest BCUT2D eigenvalue weighted by molar-refractivity contribution is -0.168. The Morgan fingerprint density at radius 3 is 2.20 bits per heavy atom. The van der Waals surface area contributed by atoms with E-state index in [9.17, 15) is 4.79 Å². The average molecular weight is 355 g/mol. The zero-order chi connectivity index (χ0) is 18.1. The molecule has 1 aliphatic rings. The molecule has 0 bridgehead atoms. The first-order valence-corrected chi connectivity index (χ1v) is 11.9. The lowest BCUT2D eigenvalue weighted by Gasteiger charge is -2.32. The minimum absolute atomic E-state index is 0.00109. The van der Waals surface area contributed by atoms with E-state index in [1.54, 1.807) is 0 Å². The number of methoxy groups -OCH3 is 1. The van der Waals surface area contributed by atoms with Crippen molar-refractivity contribution in [3.8, 4) is 0 Å². The van der Waals surface area contributed by atoms with Gasteiger partial charge in [0.25, 0.3) is 0 Å². The number of hydrogen-bond donors (Lipinski definition) is 0. The molecule has 0 spiro atoms. The molecule has 1 saturated heterocycles. The molecule has 1 heterocycles. The van der Waals surface area contributed by atoms with E-state index in [0.29, 0.717) is 12.0 Å². The average Bonchev–Trinajstić information content (AvgIpc) is 3.02. The van der Waals surface area contributed by atoms with Crippen LogP contribution in [0.4, 0.5) is 0 Å². The lowest BCUT2D eigenvalue weighted by atomic mass is 9.90. The largest absolute Gasteiger partial charge is 0.467 e. The molecular formula is C21H26O3Si. The fourth-order valence-electron chi connectivity index (χ4n) is 4.15. The van der Waals surface area contributed by atoms with E-state index in [1.807, 2.05) is 36.4 Å². The number of esters is 1. The van der Waals surface area contributed by atoms with Gasteiger partial charge in [0.1, 0.15) is 0 Å². The fraction of sp³-hybridized carbons (Fsp3) is 0.381. The third kappa shape index (κ3) is 3.05. The molecular weight excluding hydrogens is 328 g/mol. The third-order valence-corrected chi connectivity index (χ3v) is 10.0. The Kier molecular flexibility index (Phi) is 4.85. The van der Waals surface area contributed by atoms with Crippen LogP contribution in [0, 0.1) is 0 Å². The summed E-state index contributed by atoms with van der Waals surface area (Å²) in [6.07, 6.45) is 0.667. The molecule has 3 nitrogen and oxygen atoms in total. The van der Waals surface area contributed by atoms with Crippen LogP contribution in [-0.2, 0) is 19.9 Å². The Morgan fingerprint density at radius 1 is 1.08 bits per heavy atom. The summed E-state index contributed by atoms with van der Waals surface area (Å²) in [7, 11) is -0.384. The standard InChI is InChI=1S/C21H26O3Si/c1-16-19(25(3,4)18-13-9-6-10-14-18)15-21(24-16,20(22)23-2)17-11-7-5-8-12-17/h5-14,16,19H,15H2,1-4H3/t16-,19+,21-/m1/s1. The van der Waals surface area contributed by atoms with Crippen molar-refractivity contribution < 1.29 is 14.3 Å². The summed E-state index contributed by atoms with van der Waals surface area (Å²) in [6.45, 7) is 6.83.